The van der Waals surface area contributed by atoms with Crippen molar-refractivity contribution in [1.82, 2.24) is 15.2 Å². The maximum absolute atomic E-state index is 11.8. The molecule has 0 aliphatic carbocycles. The lowest BCUT2D eigenvalue weighted by atomic mass is 9.93. The monoisotopic (exact) mass is 311 g/mol. The van der Waals surface area contributed by atoms with Gasteiger partial charge in [0, 0.05) is 43.7 Å². The van der Waals surface area contributed by atoms with Gasteiger partial charge in [0.15, 0.2) is 0 Å². The Morgan fingerprint density at radius 3 is 3.04 bits per heavy atom. The van der Waals surface area contributed by atoms with Gasteiger partial charge in [-0.2, -0.15) is 0 Å². The summed E-state index contributed by atoms with van der Waals surface area (Å²) in [6.45, 7) is 6.77. The van der Waals surface area contributed by atoms with Gasteiger partial charge in [-0.3, -0.25) is 9.78 Å². The van der Waals surface area contributed by atoms with Crippen molar-refractivity contribution in [1.29, 1.82) is 0 Å². The number of rotatable bonds is 4. The predicted molar refractivity (Wildman–Crippen MR) is 93.0 cm³/mol. The van der Waals surface area contributed by atoms with Crippen molar-refractivity contribution >= 4 is 16.8 Å². The number of nitrogens with zero attached hydrogens (tertiary/aromatic N) is 2. The number of amides is 1. The van der Waals surface area contributed by atoms with Gasteiger partial charge in [-0.05, 0) is 36.1 Å². The number of likely N-dealkylation sites (tertiary alicyclic amines) is 1. The second-order valence-corrected chi connectivity index (χ2v) is 6.48. The summed E-state index contributed by atoms with van der Waals surface area (Å²) < 4.78 is 0. The molecule has 0 bridgehead atoms. The third-order valence-corrected chi connectivity index (χ3v) is 4.80. The van der Waals surface area contributed by atoms with Gasteiger partial charge in [-0.15, -0.1) is 0 Å². The Kier molecular flexibility index (Phi) is 4.91. The topological polar surface area (TPSA) is 45.2 Å². The lowest BCUT2D eigenvalue weighted by Gasteiger charge is -2.37. The summed E-state index contributed by atoms with van der Waals surface area (Å²) in [6, 6.07) is 11.0. The number of benzene rings is 1. The maximum atomic E-state index is 11.8. The van der Waals surface area contributed by atoms with Gasteiger partial charge < -0.3 is 10.2 Å². The maximum Gasteiger partial charge on any atom is 0.222 e. The number of piperidine rings is 1. The lowest BCUT2D eigenvalue weighted by molar-refractivity contribution is -0.132. The van der Waals surface area contributed by atoms with Crippen LogP contribution in [0, 0.1) is 5.92 Å². The van der Waals surface area contributed by atoms with Gasteiger partial charge in [0.1, 0.15) is 0 Å². The molecule has 1 aromatic heterocycles. The predicted octanol–water partition coefficient (Wildman–Crippen LogP) is 2.97. The van der Waals surface area contributed by atoms with Crippen molar-refractivity contribution in [2.45, 2.75) is 39.3 Å². The van der Waals surface area contributed by atoms with Crippen molar-refractivity contribution in [2.24, 2.45) is 5.92 Å². The molecule has 0 unspecified atom stereocenters. The molecular formula is C19H25N3O. The molecule has 2 heterocycles. The lowest BCUT2D eigenvalue weighted by Crippen LogP contribution is -2.49. The third-order valence-electron chi connectivity index (χ3n) is 4.80. The first-order chi connectivity index (χ1) is 11.2. The molecule has 0 spiro atoms. The Morgan fingerprint density at radius 2 is 2.26 bits per heavy atom. The van der Waals surface area contributed by atoms with E-state index in [1.54, 1.807) is 0 Å². The van der Waals surface area contributed by atoms with Crippen LogP contribution in [-0.4, -0.2) is 34.9 Å². The van der Waals surface area contributed by atoms with E-state index in [-0.39, 0.29) is 5.91 Å². The van der Waals surface area contributed by atoms with Crippen LogP contribution in [-0.2, 0) is 11.3 Å². The quantitative estimate of drug-likeness (QED) is 0.944. The zero-order chi connectivity index (χ0) is 16.2. The SMILES string of the molecule is CCC(=O)N1CC[C@H](NCc2ccc3ncccc3c2)[C@H](C)C1. The molecule has 1 saturated heterocycles. The highest BCUT2D eigenvalue weighted by Gasteiger charge is 2.27. The molecule has 122 valence electrons. The molecule has 1 fully saturated rings. The van der Waals surface area contributed by atoms with E-state index in [0.717, 1.165) is 31.6 Å². The fraction of sp³-hybridized carbons (Fsp3) is 0.474. The zero-order valence-corrected chi connectivity index (χ0v) is 14.0. The minimum Gasteiger partial charge on any atom is -0.342 e. The first-order valence-electron chi connectivity index (χ1n) is 8.52. The standard InChI is InChI=1S/C19H25N3O/c1-3-19(23)22-10-8-17(14(2)13-22)21-12-15-6-7-18-16(11-15)5-4-9-20-18/h4-7,9,11,14,17,21H,3,8,10,12-13H2,1-2H3/t14-,17+/m1/s1. The smallest absolute Gasteiger partial charge is 0.222 e. The molecule has 2 aromatic rings. The molecule has 1 aliphatic heterocycles. The number of carbonyl (C=O) groups excluding carboxylic acids is 1. The van der Waals surface area contributed by atoms with E-state index in [0.29, 0.717) is 18.4 Å². The van der Waals surface area contributed by atoms with Gasteiger partial charge in [-0.1, -0.05) is 26.0 Å². The first kappa shape index (κ1) is 15.9. The second-order valence-electron chi connectivity index (χ2n) is 6.48. The molecule has 3 rings (SSSR count). The zero-order valence-electron chi connectivity index (χ0n) is 14.0. The van der Waals surface area contributed by atoms with Crippen LogP contribution >= 0.6 is 0 Å². The van der Waals surface area contributed by atoms with Crippen molar-refractivity contribution in [3.05, 3.63) is 42.1 Å². The highest BCUT2D eigenvalue weighted by atomic mass is 16.2. The third kappa shape index (κ3) is 3.70. The highest BCUT2D eigenvalue weighted by molar-refractivity contribution is 5.78. The van der Waals surface area contributed by atoms with E-state index in [2.05, 4.69) is 41.5 Å². The largest absolute Gasteiger partial charge is 0.342 e. The molecule has 23 heavy (non-hydrogen) atoms. The van der Waals surface area contributed by atoms with Crippen molar-refractivity contribution in [2.75, 3.05) is 13.1 Å². The normalized spacial score (nSPS) is 21.6. The summed E-state index contributed by atoms with van der Waals surface area (Å²) in [6.07, 6.45) is 3.46. The summed E-state index contributed by atoms with van der Waals surface area (Å²) >= 11 is 0. The number of fused-ring (bicyclic) bond motifs is 1. The van der Waals surface area contributed by atoms with E-state index in [1.165, 1.54) is 10.9 Å². The van der Waals surface area contributed by atoms with E-state index in [1.807, 2.05) is 24.1 Å². The van der Waals surface area contributed by atoms with Crippen molar-refractivity contribution < 1.29 is 4.79 Å². The molecule has 1 aliphatic rings. The Hall–Kier alpha value is -1.94. The van der Waals surface area contributed by atoms with Crippen LogP contribution in [0.5, 0.6) is 0 Å². The minimum absolute atomic E-state index is 0.275. The van der Waals surface area contributed by atoms with Gasteiger partial charge >= 0.3 is 0 Å². The first-order valence-corrected chi connectivity index (χ1v) is 8.52. The van der Waals surface area contributed by atoms with Gasteiger partial charge in [0.05, 0.1) is 5.52 Å². The number of pyridine rings is 1. The Labute approximate surface area is 137 Å². The van der Waals surface area contributed by atoms with Gasteiger partial charge in [0.2, 0.25) is 5.91 Å². The summed E-state index contributed by atoms with van der Waals surface area (Å²) in [5.74, 6) is 0.763. The molecule has 1 N–H and O–H groups in total. The van der Waals surface area contributed by atoms with Gasteiger partial charge in [0.25, 0.3) is 0 Å². The molecular weight excluding hydrogens is 286 g/mol. The van der Waals surface area contributed by atoms with Crippen LogP contribution < -0.4 is 5.32 Å². The molecule has 1 amide bonds. The number of nitrogens with one attached hydrogen (secondary N) is 1. The molecule has 0 saturated carbocycles. The van der Waals surface area contributed by atoms with Crippen molar-refractivity contribution in [3.8, 4) is 0 Å². The number of aromatic nitrogens is 1. The number of hydrogen-bond donors (Lipinski definition) is 1. The molecule has 4 heteroatoms. The Balaban J connectivity index is 1.58. The summed E-state index contributed by atoms with van der Waals surface area (Å²) in [4.78, 5) is 18.2. The van der Waals surface area contributed by atoms with E-state index < -0.39 is 0 Å². The summed E-state index contributed by atoms with van der Waals surface area (Å²) in [7, 11) is 0. The Morgan fingerprint density at radius 1 is 1.39 bits per heavy atom. The van der Waals surface area contributed by atoms with Crippen LogP contribution in [0.3, 0.4) is 0 Å². The average molecular weight is 311 g/mol. The average Bonchev–Trinajstić information content (AvgIpc) is 2.59. The molecule has 4 nitrogen and oxygen atoms in total. The molecule has 0 radical (unpaired) electrons. The van der Waals surface area contributed by atoms with Crippen LogP contribution in [0.2, 0.25) is 0 Å². The van der Waals surface area contributed by atoms with Crippen LogP contribution in [0.15, 0.2) is 36.5 Å². The second kappa shape index (κ2) is 7.09. The summed E-state index contributed by atoms with van der Waals surface area (Å²) in [5.41, 5.74) is 2.32. The van der Waals surface area contributed by atoms with Crippen LogP contribution in [0.25, 0.3) is 10.9 Å². The van der Waals surface area contributed by atoms with E-state index in [9.17, 15) is 4.79 Å². The Bertz CT molecular complexity index is 685. The minimum atomic E-state index is 0.275. The fourth-order valence-corrected chi connectivity index (χ4v) is 3.38. The number of hydrogen-bond acceptors (Lipinski definition) is 3. The van der Waals surface area contributed by atoms with Gasteiger partial charge in [-0.25, -0.2) is 0 Å². The van der Waals surface area contributed by atoms with Crippen LogP contribution in [0.1, 0.15) is 32.3 Å². The van der Waals surface area contributed by atoms with Crippen LogP contribution in [0.4, 0.5) is 0 Å². The molecule has 2 atom stereocenters. The molecule has 1 aromatic carbocycles. The van der Waals surface area contributed by atoms with E-state index >= 15 is 0 Å². The van der Waals surface area contributed by atoms with E-state index in [4.69, 9.17) is 0 Å². The fourth-order valence-electron chi connectivity index (χ4n) is 3.38. The van der Waals surface area contributed by atoms with Crippen molar-refractivity contribution in [3.63, 3.8) is 0 Å². The summed E-state index contributed by atoms with van der Waals surface area (Å²) in [5, 5.41) is 4.85. The number of carbonyl (C=O) groups is 1. The highest BCUT2D eigenvalue weighted by Crippen LogP contribution is 2.19.